The first kappa shape index (κ1) is 20.0. The van der Waals surface area contributed by atoms with Gasteiger partial charge in [0.25, 0.3) is 0 Å². The third-order valence-electron chi connectivity index (χ3n) is 4.10. The Balaban J connectivity index is 1.57. The quantitative estimate of drug-likeness (QED) is 0.614. The number of aromatic nitrogens is 1. The zero-order chi connectivity index (χ0) is 20.1. The molecule has 146 valence electrons. The van der Waals surface area contributed by atoms with E-state index >= 15 is 0 Å². The van der Waals surface area contributed by atoms with Crippen LogP contribution < -0.4 is 10.6 Å². The van der Waals surface area contributed by atoms with Crippen LogP contribution in [0.25, 0.3) is 0 Å². The van der Waals surface area contributed by atoms with Gasteiger partial charge in [0.15, 0.2) is 15.0 Å². The number of hydrogen-bond acceptors (Lipinski definition) is 6. The monoisotopic (exact) mass is 415 g/mol. The summed E-state index contributed by atoms with van der Waals surface area (Å²) in [6.45, 7) is 1.95. The highest BCUT2D eigenvalue weighted by Gasteiger charge is 2.12. The van der Waals surface area contributed by atoms with Crippen LogP contribution in [-0.4, -0.2) is 25.6 Å². The Bertz CT molecular complexity index is 1050. The molecular weight excluding hydrogens is 394 g/mol. The van der Waals surface area contributed by atoms with Crippen molar-refractivity contribution in [1.82, 2.24) is 10.3 Å². The highest BCUT2D eigenvalue weighted by atomic mass is 32.2. The maximum atomic E-state index is 12.3. The Morgan fingerprint density at radius 3 is 2.43 bits per heavy atom. The zero-order valence-electron chi connectivity index (χ0n) is 15.5. The molecule has 1 aromatic heterocycles. The van der Waals surface area contributed by atoms with E-state index in [1.54, 1.807) is 24.3 Å². The summed E-state index contributed by atoms with van der Waals surface area (Å²) >= 11 is 1.39. The molecule has 0 fully saturated rings. The number of sulfone groups is 1. The lowest BCUT2D eigenvalue weighted by Crippen LogP contribution is -2.28. The van der Waals surface area contributed by atoms with Gasteiger partial charge in [-0.2, -0.15) is 0 Å². The van der Waals surface area contributed by atoms with Crippen molar-refractivity contribution >= 4 is 37.9 Å². The average Bonchev–Trinajstić information content (AvgIpc) is 3.08. The molecule has 1 amide bonds. The number of rotatable bonds is 7. The number of hydrogen-bond donors (Lipinski definition) is 2. The molecule has 1 heterocycles. The van der Waals surface area contributed by atoms with Crippen molar-refractivity contribution in [3.05, 3.63) is 71.2 Å². The fourth-order valence-corrected chi connectivity index (χ4v) is 4.00. The number of amides is 1. The normalized spacial score (nSPS) is 12.4. The molecule has 3 aromatic rings. The topological polar surface area (TPSA) is 88.2 Å². The van der Waals surface area contributed by atoms with Crippen molar-refractivity contribution in [1.29, 1.82) is 0 Å². The molecule has 3 rings (SSSR count). The highest BCUT2D eigenvalue weighted by Crippen LogP contribution is 2.22. The van der Waals surface area contributed by atoms with Gasteiger partial charge in [0.1, 0.15) is 0 Å². The third kappa shape index (κ3) is 5.40. The molecule has 0 saturated carbocycles. The van der Waals surface area contributed by atoms with Gasteiger partial charge in [0, 0.05) is 17.3 Å². The Morgan fingerprint density at radius 1 is 1.11 bits per heavy atom. The second-order valence-corrected chi connectivity index (χ2v) is 9.32. The van der Waals surface area contributed by atoms with E-state index in [9.17, 15) is 13.2 Å². The van der Waals surface area contributed by atoms with Gasteiger partial charge < -0.3 is 10.6 Å². The van der Waals surface area contributed by atoms with Crippen LogP contribution in [0.15, 0.2) is 64.9 Å². The Labute approximate surface area is 168 Å². The van der Waals surface area contributed by atoms with Crippen molar-refractivity contribution in [3.63, 3.8) is 0 Å². The molecular formula is C20H21N3O3S2. The lowest BCUT2D eigenvalue weighted by Gasteiger charge is -2.13. The predicted octanol–water partition coefficient (Wildman–Crippen LogP) is 3.71. The molecule has 0 aliphatic rings. The molecule has 1 unspecified atom stereocenters. The average molecular weight is 416 g/mol. The Morgan fingerprint density at radius 2 is 1.79 bits per heavy atom. The van der Waals surface area contributed by atoms with Crippen LogP contribution in [0.1, 0.15) is 24.2 Å². The molecule has 0 radical (unpaired) electrons. The number of carbonyl (C=O) groups excluding carboxylic acids is 1. The van der Waals surface area contributed by atoms with Crippen molar-refractivity contribution < 1.29 is 13.2 Å². The number of nitrogens with one attached hydrogen (secondary N) is 2. The second-order valence-electron chi connectivity index (χ2n) is 6.44. The molecule has 0 saturated heterocycles. The van der Waals surface area contributed by atoms with Gasteiger partial charge in [-0.25, -0.2) is 13.4 Å². The summed E-state index contributed by atoms with van der Waals surface area (Å²) in [7, 11) is -3.22. The van der Waals surface area contributed by atoms with E-state index in [0.29, 0.717) is 10.8 Å². The molecule has 2 N–H and O–H groups in total. The van der Waals surface area contributed by atoms with Crippen LogP contribution in [0, 0.1) is 0 Å². The van der Waals surface area contributed by atoms with E-state index in [0.717, 1.165) is 11.3 Å². The number of benzene rings is 2. The number of anilines is 2. The number of nitrogens with zero attached hydrogens (tertiary/aromatic N) is 1. The number of thiazole rings is 1. The molecule has 1 atom stereocenters. The lowest BCUT2D eigenvalue weighted by molar-refractivity contribution is -0.121. The Hall–Kier alpha value is -2.71. The van der Waals surface area contributed by atoms with Crippen molar-refractivity contribution in [2.45, 2.75) is 24.3 Å². The first-order valence-corrected chi connectivity index (χ1v) is 11.4. The van der Waals surface area contributed by atoms with Gasteiger partial charge in [0.2, 0.25) is 5.91 Å². The minimum atomic E-state index is -3.22. The van der Waals surface area contributed by atoms with E-state index in [4.69, 9.17) is 0 Å². The third-order valence-corrected chi connectivity index (χ3v) is 6.04. The van der Waals surface area contributed by atoms with E-state index in [1.807, 2.05) is 42.6 Å². The van der Waals surface area contributed by atoms with Gasteiger partial charge in [-0.3, -0.25) is 4.79 Å². The van der Waals surface area contributed by atoms with Gasteiger partial charge in [-0.05, 0) is 36.8 Å². The fourth-order valence-electron chi connectivity index (χ4n) is 2.64. The first-order chi connectivity index (χ1) is 13.3. The standard InChI is InChI=1S/C20H21N3O3S2/c1-14(15-6-4-3-5-7-15)21-19(24)12-17-13-27-20(23-17)22-16-8-10-18(11-9-16)28(2,25)26/h3-11,13-14H,12H2,1-2H3,(H,21,24)(H,22,23). The van der Waals surface area contributed by atoms with Crippen molar-refractivity contribution in [2.24, 2.45) is 0 Å². The summed E-state index contributed by atoms with van der Waals surface area (Å²) in [4.78, 5) is 17.0. The van der Waals surface area contributed by atoms with Crippen LogP contribution >= 0.6 is 11.3 Å². The van der Waals surface area contributed by atoms with Crippen LogP contribution in [-0.2, 0) is 21.1 Å². The van der Waals surface area contributed by atoms with E-state index in [2.05, 4.69) is 15.6 Å². The van der Waals surface area contributed by atoms with Crippen LogP contribution in [0.2, 0.25) is 0 Å². The Kier molecular flexibility index (Phi) is 6.11. The second kappa shape index (κ2) is 8.53. The summed E-state index contributed by atoms with van der Waals surface area (Å²) in [6.07, 6.45) is 1.37. The summed E-state index contributed by atoms with van der Waals surface area (Å²) in [5.74, 6) is -0.0919. The molecule has 2 aromatic carbocycles. The molecule has 0 aliphatic carbocycles. The van der Waals surface area contributed by atoms with Gasteiger partial charge in [-0.1, -0.05) is 30.3 Å². The van der Waals surface area contributed by atoms with Gasteiger partial charge >= 0.3 is 0 Å². The highest BCUT2D eigenvalue weighted by molar-refractivity contribution is 7.90. The van der Waals surface area contributed by atoms with Crippen LogP contribution in [0.4, 0.5) is 10.8 Å². The maximum absolute atomic E-state index is 12.3. The molecule has 0 bridgehead atoms. The van der Waals surface area contributed by atoms with Crippen molar-refractivity contribution in [3.8, 4) is 0 Å². The first-order valence-electron chi connectivity index (χ1n) is 8.67. The van der Waals surface area contributed by atoms with E-state index < -0.39 is 9.84 Å². The summed E-state index contributed by atoms with van der Waals surface area (Å²) in [5, 5.41) is 8.57. The number of carbonyl (C=O) groups is 1. The maximum Gasteiger partial charge on any atom is 0.226 e. The smallest absolute Gasteiger partial charge is 0.226 e. The molecule has 0 spiro atoms. The SMILES string of the molecule is CC(NC(=O)Cc1csc(Nc2ccc(S(C)(=O)=O)cc2)n1)c1ccccc1. The van der Waals surface area contributed by atoms with Gasteiger partial charge in [0.05, 0.1) is 23.1 Å². The summed E-state index contributed by atoms with van der Waals surface area (Å²) in [6, 6.07) is 16.2. The minimum absolute atomic E-state index is 0.0710. The molecule has 8 heteroatoms. The summed E-state index contributed by atoms with van der Waals surface area (Å²) < 4.78 is 23.0. The van der Waals surface area contributed by atoms with E-state index in [-0.39, 0.29) is 23.3 Å². The lowest BCUT2D eigenvalue weighted by atomic mass is 10.1. The van der Waals surface area contributed by atoms with Crippen molar-refractivity contribution in [2.75, 3.05) is 11.6 Å². The fraction of sp³-hybridized carbons (Fsp3) is 0.200. The van der Waals surface area contributed by atoms with Crippen LogP contribution in [0.3, 0.4) is 0 Å². The minimum Gasteiger partial charge on any atom is -0.349 e. The summed E-state index contributed by atoms with van der Waals surface area (Å²) in [5.41, 5.74) is 2.46. The molecule has 6 nitrogen and oxygen atoms in total. The predicted molar refractivity (Wildman–Crippen MR) is 112 cm³/mol. The molecule has 28 heavy (non-hydrogen) atoms. The van der Waals surface area contributed by atoms with E-state index in [1.165, 1.54) is 17.6 Å². The van der Waals surface area contributed by atoms with Crippen LogP contribution in [0.5, 0.6) is 0 Å². The van der Waals surface area contributed by atoms with Gasteiger partial charge in [-0.15, -0.1) is 11.3 Å². The largest absolute Gasteiger partial charge is 0.349 e. The molecule has 0 aliphatic heterocycles. The zero-order valence-corrected chi connectivity index (χ0v) is 17.2.